The van der Waals surface area contributed by atoms with E-state index in [1.54, 1.807) is 65.9 Å². The zero-order valence-electron chi connectivity index (χ0n) is 13.2. The second kappa shape index (κ2) is 7.72. The van der Waals surface area contributed by atoms with Crippen molar-refractivity contribution in [1.82, 2.24) is 9.88 Å². The average Bonchev–Trinajstić information content (AvgIpc) is 3.11. The highest BCUT2D eigenvalue weighted by Crippen LogP contribution is 2.20. The van der Waals surface area contributed by atoms with Crippen LogP contribution < -0.4 is 5.32 Å². The number of amides is 2. The Morgan fingerprint density at radius 3 is 2.64 bits per heavy atom. The molecule has 2 amide bonds. The normalized spacial score (nSPS) is 10.4. The number of rotatable bonds is 5. The molecule has 0 saturated heterocycles. The maximum Gasteiger partial charge on any atom is 0.322 e. The minimum absolute atomic E-state index is 0.174. The Morgan fingerprint density at radius 1 is 1.16 bits per heavy atom. The van der Waals surface area contributed by atoms with Crippen molar-refractivity contribution < 1.29 is 14.3 Å². The Balaban J connectivity index is 1.78. The van der Waals surface area contributed by atoms with Crippen LogP contribution in [-0.2, 0) is 13.1 Å². The van der Waals surface area contributed by atoms with Crippen molar-refractivity contribution in [1.29, 1.82) is 0 Å². The number of nitrogens with zero attached hydrogens (tertiary/aromatic N) is 2. The molecule has 25 heavy (non-hydrogen) atoms. The van der Waals surface area contributed by atoms with Crippen molar-refractivity contribution in [3.05, 3.63) is 77.5 Å². The smallest absolute Gasteiger partial charge is 0.322 e. The topological polar surface area (TPSA) is 78.6 Å². The third-order valence-electron chi connectivity index (χ3n) is 3.52. The minimum Gasteiger partial charge on any atom is -0.508 e. The summed E-state index contributed by atoms with van der Waals surface area (Å²) in [6, 6.07) is 13.3. The number of pyridine rings is 1. The average molecular weight is 358 g/mol. The summed E-state index contributed by atoms with van der Waals surface area (Å²) in [6.45, 7) is 0.627. The molecular weight excluding hydrogens is 342 g/mol. The van der Waals surface area contributed by atoms with Crippen LogP contribution in [-0.4, -0.2) is 21.0 Å². The van der Waals surface area contributed by atoms with Crippen LogP contribution in [0.5, 0.6) is 5.75 Å². The summed E-state index contributed by atoms with van der Waals surface area (Å²) in [5.74, 6) is 0.833. The lowest BCUT2D eigenvalue weighted by molar-refractivity contribution is 0.201. The number of aromatic hydroxyl groups is 1. The lowest BCUT2D eigenvalue weighted by Crippen LogP contribution is -2.34. The van der Waals surface area contributed by atoms with E-state index >= 15 is 0 Å². The molecule has 7 heteroatoms. The highest BCUT2D eigenvalue weighted by atomic mass is 35.5. The summed E-state index contributed by atoms with van der Waals surface area (Å²) >= 11 is 6.00. The van der Waals surface area contributed by atoms with Gasteiger partial charge in [-0.25, -0.2) is 9.78 Å². The molecule has 0 radical (unpaired) electrons. The molecule has 0 aliphatic heterocycles. The second-order valence-electron chi connectivity index (χ2n) is 5.37. The van der Waals surface area contributed by atoms with E-state index in [1.165, 1.54) is 0 Å². The molecule has 0 unspecified atom stereocenters. The molecule has 2 aromatic heterocycles. The molecule has 0 aliphatic rings. The van der Waals surface area contributed by atoms with Crippen LogP contribution in [0.2, 0.25) is 5.15 Å². The number of hydrogen-bond acceptors (Lipinski definition) is 4. The number of carbonyl (C=O) groups is 1. The van der Waals surface area contributed by atoms with Gasteiger partial charge in [0.1, 0.15) is 11.5 Å². The maximum atomic E-state index is 12.7. The van der Waals surface area contributed by atoms with Crippen molar-refractivity contribution in [2.24, 2.45) is 0 Å². The van der Waals surface area contributed by atoms with E-state index in [2.05, 4.69) is 10.3 Å². The van der Waals surface area contributed by atoms with Crippen molar-refractivity contribution >= 4 is 23.3 Å². The van der Waals surface area contributed by atoms with Gasteiger partial charge in [0.05, 0.1) is 18.5 Å². The predicted molar refractivity (Wildman–Crippen MR) is 94.3 cm³/mol. The number of nitrogens with one attached hydrogen (secondary N) is 1. The van der Waals surface area contributed by atoms with Crippen LogP contribution in [0.1, 0.15) is 11.3 Å². The van der Waals surface area contributed by atoms with E-state index in [-0.39, 0.29) is 23.5 Å². The zero-order chi connectivity index (χ0) is 17.6. The fourth-order valence-corrected chi connectivity index (χ4v) is 2.45. The second-order valence-corrected chi connectivity index (χ2v) is 5.73. The fraction of sp³-hybridized carbons (Fsp3) is 0.111. The first-order valence-electron chi connectivity index (χ1n) is 7.58. The number of phenolic OH excluding ortho intramolecular Hbond substituents is 1. The maximum absolute atomic E-state index is 12.7. The lowest BCUT2D eigenvalue weighted by Gasteiger charge is -2.22. The van der Waals surface area contributed by atoms with Gasteiger partial charge in [-0.2, -0.15) is 0 Å². The number of anilines is 1. The summed E-state index contributed by atoms with van der Waals surface area (Å²) in [5.41, 5.74) is 1.31. The minimum atomic E-state index is -0.334. The number of benzene rings is 1. The number of hydrogen-bond donors (Lipinski definition) is 2. The van der Waals surface area contributed by atoms with Gasteiger partial charge < -0.3 is 19.7 Å². The van der Waals surface area contributed by atoms with E-state index in [0.29, 0.717) is 18.0 Å². The SMILES string of the molecule is O=C(Nc1cccnc1Cl)N(Cc1ccc(O)cc1)Cc1ccco1. The van der Waals surface area contributed by atoms with Gasteiger partial charge in [0.2, 0.25) is 0 Å². The molecule has 1 aromatic carbocycles. The molecule has 0 aliphatic carbocycles. The van der Waals surface area contributed by atoms with Gasteiger partial charge in [0.15, 0.2) is 5.15 Å². The van der Waals surface area contributed by atoms with Gasteiger partial charge >= 0.3 is 6.03 Å². The van der Waals surface area contributed by atoms with Gasteiger partial charge in [0.25, 0.3) is 0 Å². The summed E-state index contributed by atoms with van der Waals surface area (Å²) < 4.78 is 5.34. The number of urea groups is 1. The Hall–Kier alpha value is -2.99. The summed E-state index contributed by atoms with van der Waals surface area (Å²) in [7, 11) is 0. The fourth-order valence-electron chi connectivity index (χ4n) is 2.29. The van der Waals surface area contributed by atoms with Crippen molar-refractivity contribution in [3.63, 3.8) is 0 Å². The van der Waals surface area contributed by atoms with Crippen molar-refractivity contribution in [3.8, 4) is 5.75 Å². The Morgan fingerprint density at radius 2 is 1.96 bits per heavy atom. The largest absolute Gasteiger partial charge is 0.508 e. The first kappa shape index (κ1) is 16.9. The number of carbonyl (C=O) groups excluding carboxylic acids is 1. The number of halogens is 1. The van der Waals surface area contributed by atoms with E-state index in [4.69, 9.17) is 16.0 Å². The Bertz CT molecular complexity index is 835. The molecular formula is C18H16ClN3O3. The van der Waals surface area contributed by atoms with Crippen LogP contribution >= 0.6 is 11.6 Å². The van der Waals surface area contributed by atoms with Crippen LogP contribution in [0.3, 0.4) is 0 Å². The molecule has 0 spiro atoms. The number of furan rings is 1. The molecule has 0 bridgehead atoms. The van der Waals surface area contributed by atoms with Gasteiger partial charge in [-0.15, -0.1) is 0 Å². The van der Waals surface area contributed by atoms with Gasteiger partial charge in [-0.1, -0.05) is 23.7 Å². The Labute approximate surface area is 149 Å². The molecule has 0 atom stereocenters. The summed E-state index contributed by atoms with van der Waals surface area (Å²) in [5, 5.41) is 12.4. The van der Waals surface area contributed by atoms with E-state index in [0.717, 1.165) is 5.56 Å². The molecule has 3 aromatic rings. The monoisotopic (exact) mass is 357 g/mol. The van der Waals surface area contributed by atoms with E-state index < -0.39 is 0 Å². The molecule has 0 fully saturated rings. The molecule has 128 valence electrons. The lowest BCUT2D eigenvalue weighted by atomic mass is 10.2. The first-order chi connectivity index (χ1) is 12.1. The third kappa shape index (κ3) is 4.51. The van der Waals surface area contributed by atoms with Crippen LogP contribution in [0.4, 0.5) is 10.5 Å². The van der Waals surface area contributed by atoms with Crippen LogP contribution in [0.25, 0.3) is 0 Å². The van der Waals surface area contributed by atoms with Crippen LogP contribution in [0, 0.1) is 0 Å². The molecule has 2 N–H and O–H groups in total. The standard InChI is InChI=1S/C18H16ClN3O3/c19-17-16(4-1-9-20-17)21-18(24)22(12-15-3-2-10-25-15)11-13-5-7-14(23)8-6-13/h1-10,23H,11-12H2,(H,21,24). The molecule has 3 rings (SSSR count). The summed E-state index contributed by atoms with van der Waals surface area (Å²) in [6.07, 6.45) is 3.11. The Kier molecular flexibility index (Phi) is 5.20. The van der Waals surface area contributed by atoms with Gasteiger partial charge in [0, 0.05) is 12.7 Å². The molecule has 6 nitrogen and oxygen atoms in total. The summed E-state index contributed by atoms with van der Waals surface area (Å²) in [4.78, 5) is 18.2. The quantitative estimate of drug-likeness (QED) is 0.668. The van der Waals surface area contributed by atoms with Gasteiger partial charge in [-0.3, -0.25) is 0 Å². The number of phenols is 1. The van der Waals surface area contributed by atoms with Gasteiger partial charge in [-0.05, 0) is 42.0 Å². The molecule has 2 heterocycles. The third-order valence-corrected chi connectivity index (χ3v) is 3.83. The first-order valence-corrected chi connectivity index (χ1v) is 7.96. The molecule has 0 saturated carbocycles. The number of aromatic nitrogens is 1. The van der Waals surface area contributed by atoms with Crippen LogP contribution in [0.15, 0.2) is 65.4 Å². The zero-order valence-corrected chi connectivity index (χ0v) is 14.0. The van der Waals surface area contributed by atoms with E-state index in [9.17, 15) is 9.90 Å². The van der Waals surface area contributed by atoms with E-state index in [1.807, 2.05) is 0 Å². The highest BCUT2D eigenvalue weighted by molar-refractivity contribution is 6.32. The highest BCUT2D eigenvalue weighted by Gasteiger charge is 2.17. The van der Waals surface area contributed by atoms with Crippen molar-refractivity contribution in [2.45, 2.75) is 13.1 Å². The predicted octanol–water partition coefficient (Wildman–Crippen LogP) is 4.27. The van der Waals surface area contributed by atoms with Crippen molar-refractivity contribution in [2.75, 3.05) is 5.32 Å².